The fourth-order valence-corrected chi connectivity index (χ4v) is 6.32. The molecule has 1 aliphatic heterocycles. The second-order valence-corrected chi connectivity index (χ2v) is 12.9. The van der Waals surface area contributed by atoms with Gasteiger partial charge in [-0.2, -0.15) is 0 Å². The number of aryl methyl sites for hydroxylation is 2. The van der Waals surface area contributed by atoms with E-state index in [0.717, 1.165) is 29.3 Å². The predicted octanol–water partition coefficient (Wildman–Crippen LogP) is 3.69. The number of hydrogen-bond donors (Lipinski definition) is 4. The van der Waals surface area contributed by atoms with Crippen molar-refractivity contribution in [3.8, 4) is 0 Å². The standard InChI is InChI=1S/C36H38FN9O5/c1-45-33-21(4-2-6-28(33)46(36(45)50)29-10-12-32(47)44-35(29)49)5-3-15-51-20-23(37)18-40-34(48)25-19-39-31(16-27(25)41-24-8-9-24)43-30-11-7-22-17-38-14-13-26(22)42-30/h2,4,6-7,11,13-14,16-17,19,23-24,29H,3,5,8-10,12,15,18,20H2,1H3,(H,40,48)(H,44,47,49)(H2,39,41,42,43). The van der Waals surface area contributed by atoms with E-state index in [1.807, 2.05) is 30.3 Å². The Morgan fingerprint density at radius 3 is 2.78 bits per heavy atom. The van der Waals surface area contributed by atoms with E-state index in [9.17, 15) is 23.6 Å². The highest BCUT2D eigenvalue weighted by Gasteiger charge is 2.31. The van der Waals surface area contributed by atoms with Crippen LogP contribution in [0.3, 0.4) is 0 Å². The third-order valence-electron chi connectivity index (χ3n) is 9.06. The monoisotopic (exact) mass is 695 g/mol. The topological polar surface area (TPSA) is 174 Å². The molecule has 5 heterocycles. The van der Waals surface area contributed by atoms with Crippen molar-refractivity contribution < 1.29 is 23.5 Å². The number of anilines is 3. The van der Waals surface area contributed by atoms with Crippen LogP contribution in [-0.4, -0.2) is 73.8 Å². The van der Waals surface area contributed by atoms with Crippen LogP contribution in [0.5, 0.6) is 0 Å². The first kappa shape index (κ1) is 33.8. The number of para-hydroxylation sites is 1. The van der Waals surface area contributed by atoms with E-state index in [1.165, 1.54) is 15.3 Å². The van der Waals surface area contributed by atoms with Crippen molar-refractivity contribution in [2.45, 2.75) is 56.8 Å². The molecule has 0 bridgehead atoms. The number of aromatic nitrogens is 5. The predicted molar refractivity (Wildman–Crippen MR) is 189 cm³/mol. The highest BCUT2D eigenvalue weighted by Crippen LogP contribution is 2.29. The summed E-state index contributed by atoms with van der Waals surface area (Å²) < 4.78 is 23.4. The number of hydrogen-bond acceptors (Lipinski definition) is 10. The van der Waals surface area contributed by atoms with Crippen molar-refractivity contribution in [3.05, 3.63) is 82.7 Å². The Bertz CT molecular complexity index is 2180. The molecule has 15 heteroatoms. The van der Waals surface area contributed by atoms with Crippen LogP contribution in [0.2, 0.25) is 0 Å². The van der Waals surface area contributed by atoms with Crippen LogP contribution in [0.15, 0.2) is 65.8 Å². The SMILES string of the molecule is Cn1c(=O)n(C2CCC(=O)NC2=O)c2cccc(CCCOCC(F)CNC(=O)c3cnc(Nc4ccc5cnccc5n4)cc3NC3CC3)c21. The third kappa shape index (κ3) is 7.57. The van der Waals surface area contributed by atoms with Crippen molar-refractivity contribution in [2.75, 3.05) is 30.4 Å². The van der Waals surface area contributed by atoms with Gasteiger partial charge in [0.25, 0.3) is 5.91 Å². The van der Waals surface area contributed by atoms with Crippen LogP contribution in [0, 0.1) is 0 Å². The minimum absolute atomic E-state index is 0.167. The van der Waals surface area contributed by atoms with Crippen LogP contribution in [0.4, 0.5) is 21.7 Å². The van der Waals surface area contributed by atoms with Crippen LogP contribution >= 0.6 is 0 Å². The molecule has 2 fully saturated rings. The van der Waals surface area contributed by atoms with Crippen LogP contribution in [0.1, 0.15) is 54.1 Å². The Morgan fingerprint density at radius 1 is 1.10 bits per heavy atom. The van der Waals surface area contributed by atoms with E-state index in [2.05, 4.69) is 36.2 Å². The molecule has 1 aromatic carbocycles. The second-order valence-electron chi connectivity index (χ2n) is 12.9. The van der Waals surface area contributed by atoms with Crippen molar-refractivity contribution in [2.24, 2.45) is 7.05 Å². The summed E-state index contributed by atoms with van der Waals surface area (Å²) in [6.07, 6.45) is 7.00. The highest BCUT2D eigenvalue weighted by atomic mass is 19.1. The van der Waals surface area contributed by atoms with Gasteiger partial charge in [-0.15, -0.1) is 0 Å². The molecule has 4 aromatic heterocycles. The second kappa shape index (κ2) is 14.6. The maximum atomic E-state index is 14.8. The average Bonchev–Trinajstić information content (AvgIpc) is 3.91. The highest BCUT2D eigenvalue weighted by molar-refractivity contribution is 6.00. The first-order valence-electron chi connectivity index (χ1n) is 17.0. The largest absolute Gasteiger partial charge is 0.382 e. The van der Waals surface area contributed by atoms with Gasteiger partial charge in [0, 0.05) is 56.2 Å². The lowest BCUT2D eigenvalue weighted by atomic mass is 10.0. The first-order valence-corrected chi connectivity index (χ1v) is 17.0. The number of nitrogens with one attached hydrogen (secondary N) is 4. The molecule has 3 amide bonds. The number of ether oxygens (including phenoxy) is 1. The lowest BCUT2D eigenvalue weighted by Gasteiger charge is -2.22. The average molecular weight is 696 g/mol. The Hall–Kier alpha value is -5.70. The van der Waals surface area contributed by atoms with E-state index in [4.69, 9.17) is 4.74 Å². The molecule has 1 saturated heterocycles. The summed E-state index contributed by atoms with van der Waals surface area (Å²) in [5.41, 5.74) is 3.58. The Kier molecular flexibility index (Phi) is 9.70. The van der Waals surface area contributed by atoms with Gasteiger partial charge in [-0.1, -0.05) is 12.1 Å². The summed E-state index contributed by atoms with van der Waals surface area (Å²) in [5, 5.41) is 12.5. The number of imide groups is 1. The number of pyridine rings is 3. The number of benzene rings is 1. The number of halogens is 1. The number of rotatable bonds is 14. The van der Waals surface area contributed by atoms with E-state index >= 15 is 0 Å². The molecular weight excluding hydrogens is 657 g/mol. The summed E-state index contributed by atoms with van der Waals surface area (Å²) in [7, 11) is 1.66. The number of amides is 3. The van der Waals surface area contributed by atoms with E-state index in [0.29, 0.717) is 46.8 Å². The molecule has 0 spiro atoms. The molecule has 1 aliphatic carbocycles. The zero-order chi connectivity index (χ0) is 35.5. The molecule has 264 valence electrons. The number of fused-ring (bicyclic) bond motifs is 2. The Balaban J connectivity index is 0.907. The Labute approximate surface area is 291 Å². The molecule has 1 saturated carbocycles. The fraction of sp³-hybridized carbons (Fsp3) is 0.361. The number of imidazole rings is 1. The van der Waals surface area contributed by atoms with Crippen molar-refractivity contribution in [1.29, 1.82) is 0 Å². The maximum absolute atomic E-state index is 14.8. The lowest BCUT2D eigenvalue weighted by molar-refractivity contribution is -0.135. The number of alkyl halides is 1. The molecule has 2 aliphatic rings. The Morgan fingerprint density at radius 2 is 1.96 bits per heavy atom. The number of piperidine rings is 1. The summed E-state index contributed by atoms with van der Waals surface area (Å²) in [6, 6.07) is 12.4. The zero-order valence-electron chi connectivity index (χ0n) is 28.0. The van der Waals surface area contributed by atoms with Crippen molar-refractivity contribution in [1.82, 2.24) is 34.7 Å². The van der Waals surface area contributed by atoms with E-state index in [1.54, 1.807) is 31.6 Å². The van der Waals surface area contributed by atoms with Gasteiger partial charge in [0.05, 0.1) is 41.0 Å². The normalized spacial score (nSPS) is 16.6. The smallest absolute Gasteiger partial charge is 0.329 e. The number of nitrogens with zero attached hydrogens (tertiary/aromatic N) is 5. The summed E-state index contributed by atoms with van der Waals surface area (Å²) >= 11 is 0. The summed E-state index contributed by atoms with van der Waals surface area (Å²) in [6.45, 7) is -0.159. The van der Waals surface area contributed by atoms with E-state index in [-0.39, 0.29) is 50.2 Å². The van der Waals surface area contributed by atoms with Gasteiger partial charge < -0.3 is 20.7 Å². The van der Waals surface area contributed by atoms with Crippen molar-refractivity contribution in [3.63, 3.8) is 0 Å². The van der Waals surface area contributed by atoms with E-state index < -0.39 is 24.0 Å². The minimum Gasteiger partial charge on any atom is -0.382 e. The van der Waals surface area contributed by atoms with Gasteiger partial charge in [-0.25, -0.2) is 19.2 Å². The molecule has 4 N–H and O–H groups in total. The lowest BCUT2D eigenvalue weighted by Crippen LogP contribution is -2.44. The molecule has 0 radical (unpaired) electrons. The molecular formula is C36H38FN9O5. The molecule has 5 aromatic rings. The molecule has 2 atom stereocenters. The quantitative estimate of drug-likeness (QED) is 0.0991. The molecule has 51 heavy (non-hydrogen) atoms. The van der Waals surface area contributed by atoms with Crippen LogP contribution in [-0.2, 0) is 27.8 Å². The first-order chi connectivity index (χ1) is 24.7. The zero-order valence-corrected chi connectivity index (χ0v) is 28.0. The minimum atomic E-state index is -1.43. The van der Waals surface area contributed by atoms with Crippen LogP contribution in [0.25, 0.3) is 21.9 Å². The van der Waals surface area contributed by atoms with Gasteiger partial charge >= 0.3 is 5.69 Å². The molecule has 14 nitrogen and oxygen atoms in total. The van der Waals surface area contributed by atoms with Gasteiger partial charge in [0.1, 0.15) is 23.8 Å². The number of carbonyl (C=O) groups is 3. The third-order valence-corrected chi connectivity index (χ3v) is 9.06. The summed E-state index contributed by atoms with van der Waals surface area (Å²) in [4.78, 5) is 63.5. The van der Waals surface area contributed by atoms with Gasteiger partial charge in [0.15, 0.2) is 0 Å². The molecule has 7 rings (SSSR count). The van der Waals surface area contributed by atoms with Crippen molar-refractivity contribution >= 4 is 57.0 Å². The van der Waals surface area contributed by atoms with Gasteiger partial charge in [-0.3, -0.25) is 33.8 Å². The van der Waals surface area contributed by atoms with Gasteiger partial charge in [0.2, 0.25) is 11.8 Å². The molecule has 2 unspecified atom stereocenters. The summed E-state index contributed by atoms with van der Waals surface area (Å²) in [5.74, 6) is -0.161. The van der Waals surface area contributed by atoms with Crippen LogP contribution < -0.4 is 27.0 Å². The number of carbonyl (C=O) groups excluding carboxylic acids is 3. The van der Waals surface area contributed by atoms with Gasteiger partial charge in [-0.05, 0) is 61.9 Å². The maximum Gasteiger partial charge on any atom is 0.329 e. The fourth-order valence-electron chi connectivity index (χ4n) is 6.32.